The summed E-state index contributed by atoms with van der Waals surface area (Å²) in [5.41, 5.74) is 3.42. The number of anilines is 1. The highest BCUT2D eigenvalue weighted by molar-refractivity contribution is 6.30. The molecule has 5 rings (SSSR count). The molecule has 2 amide bonds. The van der Waals surface area contributed by atoms with E-state index in [1.54, 1.807) is 31.4 Å². The van der Waals surface area contributed by atoms with Gasteiger partial charge in [0.2, 0.25) is 11.8 Å². The Morgan fingerprint density at radius 2 is 1.73 bits per heavy atom. The molecule has 3 aliphatic heterocycles. The Hall–Kier alpha value is -2.96. The van der Waals surface area contributed by atoms with Crippen LogP contribution in [0.25, 0.3) is 5.57 Å². The topological polar surface area (TPSA) is 66.9 Å². The van der Waals surface area contributed by atoms with Crippen molar-refractivity contribution in [3.8, 4) is 0 Å². The van der Waals surface area contributed by atoms with E-state index in [1.165, 1.54) is 4.90 Å². The normalized spacial score (nSPS) is 25.6. The number of benzene rings is 2. The summed E-state index contributed by atoms with van der Waals surface area (Å²) >= 11 is 6.04. The number of carbonyl (C=O) groups is 3. The number of hydrogen-bond acceptors (Lipinski definition) is 5. The van der Waals surface area contributed by atoms with Gasteiger partial charge < -0.3 is 9.64 Å². The van der Waals surface area contributed by atoms with Gasteiger partial charge in [0.15, 0.2) is 5.78 Å². The number of hydrogen-bond donors (Lipinski definition) is 0. The molecule has 4 atom stereocenters. The lowest BCUT2D eigenvalue weighted by Crippen LogP contribution is -2.49. The number of rotatable bonds is 6. The SMILES string of the molecule is COCCCN1C(=O)C2C(C1=O)C(C(=O)c1ccc(Cl)cc1)N1c3ccccc3C(C)=CC21. The van der Waals surface area contributed by atoms with Gasteiger partial charge in [0.1, 0.15) is 6.04 Å². The highest BCUT2D eigenvalue weighted by Gasteiger charge is 2.64. The van der Waals surface area contributed by atoms with Gasteiger partial charge >= 0.3 is 0 Å². The Labute approximate surface area is 197 Å². The first-order valence-electron chi connectivity index (χ1n) is 11.1. The van der Waals surface area contributed by atoms with Crippen LogP contribution < -0.4 is 4.90 Å². The number of nitrogens with zero attached hydrogens (tertiary/aromatic N) is 2. The van der Waals surface area contributed by atoms with Crippen molar-refractivity contribution in [1.82, 2.24) is 4.90 Å². The van der Waals surface area contributed by atoms with Crippen molar-refractivity contribution in [2.75, 3.05) is 25.2 Å². The van der Waals surface area contributed by atoms with E-state index in [4.69, 9.17) is 16.3 Å². The third-order valence-electron chi connectivity index (χ3n) is 6.97. The summed E-state index contributed by atoms with van der Waals surface area (Å²) in [4.78, 5) is 44.3. The Bertz CT molecular complexity index is 1160. The van der Waals surface area contributed by atoms with Gasteiger partial charge in [-0.25, -0.2) is 0 Å². The molecule has 0 radical (unpaired) electrons. The molecule has 0 aliphatic carbocycles. The third kappa shape index (κ3) is 3.40. The molecule has 0 saturated carbocycles. The number of fused-ring (bicyclic) bond motifs is 5. The molecule has 170 valence electrons. The Kier molecular flexibility index (Phi) is 5.59. The number of allylic oxidation sites excluding steroid dienone is 1. The molecule has 3 heterocycles. The lowest BCUT2D eigenvalue weighted by Gasteiger charge is -2.38. The molecule has 6 nitrogen and oxygen atoms in total. The number of Topliss-reactive ketones (excluding diaryl/α,β-unsaturated/α-hetero) is 1. The van der Waals surface area contributed by atoms with Crippen molar-refractivity contribution >= 4 is 40.5 Å². The van der Waals surface area contributed by atoms with Crippen molar-refractivity contribution in [2.45, 2.75) is 25.4 Å². The summed E-state index contributed by atoms with van der Waals surface area (Å²) in [6, 6.07) is 13.4. The minimum absolute atomic E-state index is 0.174. The number of para-hydroxylation sites is 1. The average Bonchev–Trinajstić information content (AvgIpc) is 3.28. The van der Waals surface area contributed by atoms with Crippen molar-refractivity contribution in [3.63, 3.8) is 0 Å². The fourth-order valence-corrected chi connectivity index (χ4v) is 5.66. The molecule has 2 aromatic rings. The summed E-state index contributed by atoms with van der Waals surface area (Å²) in [7, 11) is 1.59. The number of ether oxygens (including phenoxy) is 1. The minimum atomic E-state index is -0.768. The summed E-state index contributed by atoms with van der Waals surface area (Å²) in [6.45, 7) is 2.77. The zero-order valence-corrected chi connectivity index (χ0v) is 19.3. The molecular weight excluding hydrogens is 440 g/mol. The van der Waals surface area contributed by atoms with Crippen LogP contribution in [0.2, 0.25) is 5.02 Å². The summed E-state index contributed by atoms with van der Waals surface area (Å²) in [5, 5.41) is 0.534. The molecule has 7 heteroatoms. The number of imide groups is 1. The molecule has 0 bridgehead atoms. The predicted molar refractivity (Wildman–Crippen MR) is 126 cm³/mol. The second-order valence-electron chi connectivity index (χ2n) is 8.81. The van der Waals surface area contributed by atoms with E-state index in [0.717, 1.165) is 16.8 Å². The fourth-order valence-electron chi connectivity index (χ4n) is 5.53. The average molecular weight is 465 g/mol. The van der Waals surface area contributed by atoms with Gasteiger partial charge in [-0.1, -0.05) is 35.9 Å². The molecule has 4 unspecified atom stereocenters. The first kappa shape index (κ1) is 21.9. The zero-order valence-electron chi connectivity index (χ0n) is 18.5. The maximum absolute atomic E-state index is 13.9. The molecule has 3 aliphatic rings. The van der Waals surface area contributed by atoms with Crippen molar-refractivity contribution < 1.29 is 19.1 Å². The van der Waals surface area contributed by atoms with Gasteiger partial charge in [-0.3, -0.25) is 19.3 Å². The predicted octanol–water partition coefficient (Wildman–Crippen LogP) is 3.83. The van der Waals surface area contributed by atoms with Crippen LogP contribution >= 0.6 is 11.6 Å². The monoisotopic (exact) mass is 464 g/mol. The van der Waals surface area contributed by atoms with Gasteiger partial charge in [-0.2, -0.15) is 0 Å². The molecular formula is C26H25ClN2O4. The minimum Gasteiger partial charge on any atom is -0.385 e. The van der Waals surface area contributed by atoms with Gasteiger partial charge in [-0.15, -0.1) is 0 Å². The lowest BCUT2D eigenvalue weighted by atomic mass is 9.85. The Morgan fingerprint density at radius 3 is 2.45 bits per heavy atom. The lowest BCUT2D eigenvalue weighted by molar-refractivity contribution is -0.140. The van der Waals surface area contributed by atoms with Crippen LogP contribution in [-0.2, 0) is 14.3 Å². The highest BCUT2D eigenvalue weighted by atomic mass is 35.5. The van der Waals surface area contributed by atoms with Crippen molar-refractivity contribution in [2.24, 2.45) is 11.8 Å². The van der Waals surface area contributed by atoms with Crippen molar-refractivity contribution in [1.29, 1.82) is 0 Å². The largest absolute Gasteiger partial charge is 0.385 e. The second-order valence-corrected chi connectivity index (χ2v) is 9.24. The fraction of sp³-hybridized carbons (Fsp3) is 0.346. The Balaban J connectivity index is 1.61. The van der Waals surface area contributed by atoms with E-state index in [-0.39, 0.29) is 23.6 Å². The van der Waals surface area contributed by atoms with E-state index >= 15 is 0 Å². The van der Waals surface area contributed by atoms with Crippen LogP contribution in [0.1, 0.15) is 29.3 Å². The van der Waals surface area contributed by atoms with E-state index < -0.39 is 17.9 Å². The van der Waals surface area contributed by atoms with Gasteiger partial charge in [-0.05, 0) is 49.2 Å². The quantitative estimate of drug-likeness (QED) is 0.369. The number of likely N-dealkylation sites (tertiary alicyclic amines) is 1. The van der Waals surface area contributed by atoms with Crippen LogP contribution in [0.15, 0.2) is 54.6 Å². The van der Waals surface area contributed by atoms with Crippen LogP contribution in [-0.4, -0.2) is 54.8 Å². The van der Waals surface area contributed by atoms with Crippen LogP contribution in [0.3, 0.4) is 0 Å². The van der Waals surface area contributed by atoms with Crippen molar-refractivity contribution in [3.05, 3.63) is 70.8 Å². The van der Waals surface area contributed by atoms with Crippen LogP contribution in [0.5, 0.6) is 0 Å². The summed E-state index contributed by atoms with van der Waals surface area (Å²) < 4.78 is 5.10. The Morgan fingerprint density at radius 1 is 1.03 bits per heavy atom. The highest BCUT2D eigenvalue weighted by Crippen LogP contribution is 2.50. The van der Waals surface area contributed by atoms with Crippen LogP contribution in [0.4, 0.5) is 5.69 Å². The molecule has 2 saturated heterocycles. The molecule has 33 heavy (non-hydrogen) atoms. The maximum atomic E-state index is 13.9. The molecule has 0 spiro atoms. The van der Waals surface area contributed by atoms with E-state index in [9.17, 15) is 14.4 Å². The second kappa shape index (κ2) is 8.43. The number of ketones is 1. The number of amides is 2. The van der Waals surface area contributed by atoms with E-state index in [2.05, 4.69) is 0 Å². The van der Waals surface area contributed by atoms with Gasteiger partial charge in [0, 0.05) is 42.1 Å². The van der Waals surface area contributed by atoms with Gasteiger partial charge in [0.25, 0.3) is 0 Å². The molecule has 0 aromatic heterocycles. The van der Waals surface area contributed by atoms with Crippen LogP contribution in [0, 0.1) is 11.8 Å². The summed E-state index contributed by atoms with van der Waals surface area (Å²) in [6.07, 6.45) is 2.61. The molecule has 2 aromatic carbocycles. The summed E-state index contributed by atoms with van der Waals surface area (Å²) in [5.74, 6) is -1.97. The first-order chi connectivity index (χ1) is 15.9. The first-order valence-corrected chi connectivity index (χ1v) is 11.5. The molecule has 2 fully saturated rings. The number of methoxy groups -OCH3 is 1. The maximum Gasteiger partial charge on any atom is 0.235 e. The van der Waals surface area contributed by atoms with E-state index in [0.29, 0.717) is 30.2 Å². The van der Waals surface area contributed by atoms with Gasteiger partial charge in [0.05, 0.1) is 17.9 Å². The smallest absolute Gasteiger partial charge is 0.235 e. The number of halogens is 1. The standard InChI is InChI=1S/C26H25ClN2O4/c1-15-14-20-21-22(26(32)28(25(21)31)12-5-13-33-2)23(24(30)16-8-10-17(27)11-9-16)29(20)19-7-4-3-6-18(15)19/h3-4,6-11,14,20-23H,5,12-13H2,1-2H3. The third-order valence-corrected chi connectivity index (χ3v) is 7.23. The molecule has 0 N–H and O–H groups in total. The zero-order chi connectivity index (χ0) is 23.3. The number of carbonyl (C=O) groups excluding carboxylic acids is 3. The van der Waals surface area contributed by atoms with E-state index in [1.807, 2.05) is 42.2 Å².